The molecule has 0 saturated carbocycles. The Morgan fingerprint density at radius 2 is 2.00 bits per heavy atom. The van der Waals surface area contributed by atoms with Crippen LogP contribution in [0.5, 0.6) is 0 Å². The average molecular weight is 308 g/mol. The van der Waals surface area contributed by atoms with E-state index in [2.05, 4.69) is 5.32 Å². The van der Waals surface area contributed by atoms with E-state index in [1.54, 1.807) is 4.90 Å². The number of rotatable bonds is 4. The number of benzene rings is 2. The standard InChI is InChI=1S/C19H20N2O2/c1-14-5-2-6-15(11-14)12-18(22)20-16-7-3-8-17(13-16)21-10-4-9-19(21)23/h2-3,5-8,11,13H,4,9-10,12H2,1H3,(H,20,22). The van der Waals surface area contributed by atoms with Gasteiger partial charge in [0.05, 0.1) is 6.42 Å². The van der Waals surface area contributed by atoms with Crippen molar-refractivity contribution in [1.82, 2.24) is 0 Å². The molecule has 1 heterocycles. The zero-order chi connectivity index (χ0) is 16.2. The lowest BCUT2D eigenvalue weighted by Crippen LogP contribution is -2.23. The maximum atomic E-state index is 12.2. The Bertz CT molecular complexity index is 740. The lowest BCUT2D eigenvalue weighted by Gasteiger charge is -2.16. The minimum Gasteiger partial charge on any atom is -0.326 e. The number of hydrogen-bond donors (Lipinski definition) is 1. The Balaban J connectivity index is 1.68. The second kappa shape index (κ2) is 6.65. The third-order valence-corrected chi connectivity index (χ3v) is 3.96. The summed E-state index contributed by atoms with van der Waals surface area (Å²) in [5.74, 6) is 0.0914. The predicted octanol–water partition coefficient (Wildman–Crippen LogP) is 3.30. The molecule has 0 atom stereocenters. The second-order valence-corrected chi connectivity index (χ2v) is 5.91. The predicted molar refractivity (Wildman–Crippen MR) is 91.5 cm³/mol. The molecule has 1 N–H and O–H groups in total. The first kappa shape index (κ1) is 15.3. The Morgan fingerprint density at radius 1 is 1.17 bits per heavy atom. The van der Waals surface area contributed by atoms with Gasteiger partial charge in [-0.3, -0.25) is 9.59 Å². The van der Waals surface area contributed by atoms with Gasteiger partial charge < -0.3 is 10.2 Å². The number of nitrogens with one attached hydrogen (secondary N) is 1. The van der Waals surface area contributed by atoms with E-state index in [9.17, 15) is 9.59 Å². The molecule has 0 spiro atoms. The average Bonchev–Trinajstić information content (AvgIpc) is 2.93. The van der Waals surface area contributed by atoms with E-state index in [0.29, 0.717) is 12.8 Å². The summed E-state index contributed by atoms with van der Waals surface area (Å²) in [5.41, 5.74) is 3.71. The fourth-order valence-electron chi connectivity index (χ4n) is 2.89. The zero-order valence-electron chi connectivity index (χ0n) is 13.2. The fourth-order valence-corrected chi connectivity index (χ4v) is 2.89. The fraction of sp³-hybridized carbons (Fsp3) is 0.263. The highest BCUT2D eigenvalue weighted by molar-refractivity contribution is 5.97. The van der Waals surface area contributed by atoms with Gasteiger partial charge in [-0.2, -0.15) is 0 Å². The Kier molecular flexibility index (Phi) is 4.42. The van der Waals surface area contributed by atoms with Crippen molar-refractivity contribution in [3.05, 3.63) is 59.7 Å². The molecule has 118 valence electrons. The first-order chi connectivity index (χ1) is 11.1. The number of anilines is 2. The maximum Gasteiger partial charge on any atom is 0.228 e. The van der Waals surface area contributed by atoms with Crippen molar-refractivity contribution in [2.75, 3.05) is 16.8 Å². The van der Waals surface area contributed by atoms with E-state index >= 15 is 0 Å². The number of nitrogens with zero attached hydrogens (tertiary/aromatic N) is 1. The van der Waals surface area contributed by atoms with Crippen molar-refractivity contribution >= 4 is 23.2 Å². The Hall–Kier alpha value is -2.62. The van der Waals surface area contributed by atoms with Crippen LogP contribution in [0.25, 0.3) is 0 Å². The molecule has 0 radical (unpaired) electrons. The minimum atomic E-state index is -0.0551. The summed E-state index contributed by atoms with van der Waals surface area (Å²) >= 11 is 0. The number of aryl methyl sites for hydroxylation is 1. The van der Waals surface area contributed by atoms with Crippen molar-refractivity contribution in [1.29, 1.82) is 0 Å². The molecule has 0 aromatic heterocycles. The van der Waals surface area contributed by atoms with Gasteiger partial charge in [0.1, 0.15) is 0 Å². The van der Waals surface area contributed by atoms with Crippen LogP contribution in [0, 0.1) is 6.92 Å². The smallest absolute Gasteiger partial charge is 0.228 e. The highest BCUT2D eigenvalue weighted by atomic mass is 16.2. The third kappa shape index (κ3) is 3.77. The van der Waals surface area contributed by atoms with Gasteiger partial charge in [0.2, 0.25) is 11.8 Å². The summed E-state index contributed by atoms with van der Waals surface area (Å²) in [4.78, 5) is 25.8. The molecule has 2 aromatic rings. The van der Waals surface area contributed by atoms with Gasteiger partial charge in [0.25, 0.3) is 0 Å². The molecule has 1 fully saturated rings. The van der Waals surface area contributed by atoms with Crippen LogP contribution in [0.2, 0.25) is 0 Å². The van der Waals surface area contributed by atoms with Crippen LogP contribution in [0.1, 0.15) is 24.0 Å². The maximum absolute atomic E-state index is 12.2. The molecule has 4 nitrogen and oxygen atoms in total. The molecule has 0 unspecified atom stereocenters. The molecule has 0 aliphatic carbocycles. The lowest BCUT2D eigenvalue weighted by atomic mass is 10.1. The summed E-state index contributed by atoms with van der Waals surface area (Å²) < 4.78 is 0. The normalized spacial score (nSPS) is 14.1. The molecule has 0 bridgehead atoms. The first-order valence-corrected chi connectivity index (χ1v) is 7.88. The van der Waals surface area contributed by atoms with E-state index in [1.165, 1.54) is 0 Å². The SMILES string of the molecule is Cc1cccc(CC(=O)Nc2cccc(N3CCCC3=O)c2)c1. The van der Waals surface area contributed by atoms with E-state index in [0.717, 1.165) is 35.5 Å². The number of hydrogen-bond acceptors (Lipinski definition) is 2. The van der Waals surface area contributed by atoms with Gasteiger partial charge in [-0.15, -0.1) is 0 Å². The molecule has 1 saturated heterocycles. The number of carbonyl (C=O) groups is 2. The van der Waals surface area contributed by atoms with Gasteiger partial charge in [0, 0.05) is 24.3 Å². The molecule has 23 heavy (non-hydrogen) atoms. The second-order valence-electron chi connectivity index (χ2n) is 5.91. The molecule has 4 heteroatoms. The molecule has 1 aliphatic heterocycles. The first-order valence-electron chi connectivity index (χ1n) is 7.88. The van der Waals surface area contributed by atoms with Crippen LogP contribution in [0.15, 0.2) is 48.5 Å². The topological polar surface area (TPSA) is 49.4 Å². The molecule has 2 amide bonds. The Morgan fingerprint density at radius 3 is 2.74 bits per heavy atom. The zero-order valence-corrected chi connectivity index (χ0v) is 13.2. The van der Waals surface area contributed by atoms with Crippen LogP contribution < -0.4 is 10.2 Å². The van der Waals surface area contributed by atoms with Gasteiger partial charge >= 0.3 is 0 Å². The molecule has 3 rings (SSSR count). The summed E-state index contributed by atoms with van der Waals surface area (Å²) in [7, 11) is 0. The molecular weight excluding hydrogens is 288 g/mol. The van der Waals surface area contributed by atoms with Crippen molar-refractivity contribution in [2.24, 2.45) is 0 Å². The summed E-state index contributed by atoms with van der Waals surface area (Å²) in [6, 6.07) is 15.4. The quantitative estimate of drug-likeness (QED) is 0.942. The van der Waals surface area contributed by atoms with Gasteiger partial charge in [0.15, 0.2) is 0 Å². The van der Waals surface area contributed by atoms with E-state index in [-0.39, 0.29) is 11.8 Å². The highest BCUT2D eigenvalue weighted by Crippen LogP contribution is 2.24. The van der Waals surface area contributed by atoms with Gasteiger partial charge in [-0.05, 0) is 37.1 Å². The van der Waals surface area contributed by atoms with Gasteiger partial charge in [-0.1, -0.05) is 35.9 Å². The van der Waals surface area contributed by atoms with Crippen molar-refractivity contribution < 1.29 is 9.59 Å². The van der Waals surface area contributed by atoms with Crippen molar-refractivity contribution in [3.8, 4) is 0 Å². The molecule has 1 aliphatic rings. The van der Waals surface area contributed by atoms with E-state index in [1.807, 2.05) is 55.5 Å². The van der Waals surface area contributed by atoms with E-state index < -0.39 is 0 Å². The van der Waals surface area contributed by atoms with Gasteiger partial charge in [-0.25, -0.2) is 0 Å². The largest absolute Gasteiger partial charge is 0.326 e. The molecule has 2 aromatic carbocycles. The van der Waals surface area contributed by atoms with Crippen LogP contribution in [-0.2, 0) is 16.0 Å². The third-order valence-electron chi connectivity index (χ3n) is 3.96. The highest BCUT2D eigenvalue weighted by Gasteiger charge is 2.21. The van der Waals surface area contributed by atoms with Crippen molar-refractivity contribution in [3.63, 3.8) is 0 Å². The van der Waals surface area contributed by atoms with E-state index in [4.69, 9.17) is 0 Å². The minimum absolute atomic E-state index is 0.0551. The number of carbonyl (C=O) groups excluding carboxylic acids is 2. The number of amides is 2. The summed E-state index contributed by atoms with van der Waals surface area (Å²) in [5, 5.41) is 2.91. The van der Waals surface area contributed by atoms with Crippen LogP contribution in [0.4, 0.5) is 11.4 Å². The lowest BCUT2D eigenvalue weighted by molar-refractivity contribution is -0.117. The van der Waals surface area contributed by atoms with Crippen molar-refractivity contribution in [2.45, 2.75) is 26.2 Å². The van der Waals surface area contributed by atoms with Crippen LogP contribution >= 0.6 is 0 Å². The molecular formula is C19H20N2O2. The summed E-state index contributed by atoms with van der Waals surface area (Å²) in [6.07, 6.45) is 1.83. The van der Waals surface area contributed by atoms with Crippen LogP contribution in [-0.4, -0.2) is 18.4 Å². The van der Waals surface area contributed by atoms with Crippen LogP contribution in [0.3, 0.4) is 0 Å². The monoisotopic (exact) mass is 308 g/mol. The summed E-state index contributed by atoms with van der Waals surface area (Å²) in [6.45, 7) is 2.76. The Labute approximate surface area is 136 Å².